The molecule has 1 N–H and O–H groups in total. The van der Waals surface area contributed by atoms with E-state index in [1.165, 1.54) is 32.8 Å². The molecule has 1 aromatic heterocycles. The third kappa shape index (κ3) is 4.18. The maximum Gasteiger partial charge on any atom is 0.414 e. The van der Waals surface area contributed by atoms with Crippen LogP contribution in [0.1, 0.15) is 88.6 Å². The lowest BCUT2D eigenvalue weighted by Gasteiger charge is -2.34. The summed E-state index contributed by atoms with van der Waals surface area (Å²) in [7, 11) is 1.43. The Bertz CT molecular complexity index is 1070. The van der Waals surface area contributed by atoms with Gasteiger partial charge in [-0.2, -0.15) is 0 Å². The highest BCUT2D eigenvalue weighted by atomic mass is 16.5. The van der Waals surface area contributed by atoms with E-state index in [9.17, 15) is 14.7 Å². The molecule has 3 atom stereocenters. The number of hydrogen-bond acceptors (Lipinski definition) is 4. The maximum atomic E-state index is 12.6. The molecule has 1 aromatic carbocycles. The molecule has 7 heteroatoms. The lowest BCUT2D eigenvalue weighted by molar-refractivity contribution is -0.143. The van der Waals surface area contributed by atoms with Gasteiger partial charge < -0.3 is 14.4 Å². The number of carbonyl (C=O) groups excluding carboxylic acids is 1. The van der Waals surface area contributed by atoms with E-state index >= 15 is 0 Å². The van der Waals surface area contributed by atoms with Gasteiger partial charge in [0.25, 0.3) is 0 Å². The minimum Gasteiger partial charge on any atom is -0.481 e. The highest BCUT2D eigenvalue weighted by Gasteiger charge is 2.34. The monoisotopic (exact) mass is 467 g/mol. The molecule has 2 fully saturated rings. The summed E-state index contributed by atoms with van der Waals surface area (Å²) in [5.41, 5.74) is 4.09. The molecule has 5 rings (SSSR count). The number of fused-ring (bicyclic) bond motifs is 3. The zero-order chi connectivity index (χ0) is 23.8. The fraction of sp³-hybridized carbons (Fsp3) is 0.667. The molecule has 2 saturated carbocycles. The molecule has 0 spiro atoms. The smallest absolute Gasteiger partial charge is 0.414 e. The van der Waals surface area contributed by atoms with Gasteiger partial charge in [0, 0.05) is 24.1 Å². The van der Waals surface area contributed by atoms with Gasteiger partial charge in [-0.15, -0.1) is 0 Å². The Kier molecular flexibility index (Phi) is 6.54. The lowest BCUT2D eigenvalue weighted by Crippen LogP contribution is -2.42. The summed E-state index contributed by atoms with van der Waals surface area (Å²) in [6, 6.07) is 4.38. The van der Waals surface area contributed by atoms with Crippen molar-refractivity contribution in [2.75, 3.05) is 12.0 Å². The Balaban J connectivity index is 1.57. The zero-order valence-electron chi connectivity index (χ0n) is 20.5. The number of aryl methyl sites for hydroxylation is 2. The van der Waals surface area contributed by atoms with Crippen LogP contribution >= 0.6 is 0 Å². The normalized spacial score (nSPS) is 25.5. The van der Waals surface area contributed by atoms with Crippen LogP contribution in [0.4, 0.5) is 10.5 Å². The molecular formula is C27H37N3O4. The fourth-order valence-electron chi connectivity index (χ4n) is 6.66. The number of carboxylic acids is 1. The summed E-state index contributed by atoms with van der Waals surface area (Å²) in [5.74, 6) is 0.902. The number of methoxy groups -OCH3 is 1. The summed E-state index contributed by atoms with van der Waals surface area (Å²) in [6.07, 6.45) is 12.1. The van der Waals surface area contributed by atoms with Crippen LogP contribution in [0.15, 0.2) is 12.1 Å². The molecule has 34 heavy (non-hydrogen) atoms. The van der Waals surface area contributed by atoms with Crippen molar-refractivity contribution < 1.29 is 19.4 Å². The molecule has 1 aliphatic heterocycles. The molecule has 2 heterocycles. The molecule has 0 bridgehead atoms. The van der Waals surface area contributed by atoms with Crippen molar-refractivity contribution in [3.8, 4) is 0 Å². The van der Waals surface area contributed by atoms with Gasteiger partial charge in [-0.25, -0.2) is 9.78 Å². The first-order valence-corrected chi connectivity index (χ1v) is 13.1. The molecule has 1 amide bonds. The predicted octanol–water partition coefficient (Wildman–Crippen LogP) is 5.88. The molecule has 0 saturated heterocycles. The maximum absolute atomic E-state index is 12.6. The van der Waals surface area contributed by atoms with Gasteiger partial charge in [-0.3, -0.25) is 9.69 Å². The van der Waals surface area contributed by atoms with Crippen molar-refractivity contribution in [1.29, 1.82) is 0 Å². The van der Waals surface area contributed by atoms with Crippen molar-refractivity contribution in [3.05, 3.63) is 23.5 Å². The number of amides is 1. The highest BCUT2D eigenvalue weighted by molar-refractivity contribution is 5.95. The van der Waals surface area contributed by atoms with Crippen LogP contribution in [-0.2, 0) is 22.4 Å². The third-order valence-corrected chi connectivity index (χ3v) is 8.51. The SMILES string of the molecule is COC(=O)N1c2ccc3c(nc(CCC4CCCC4)n3C3CCCC(C(=O)O)C3)c2CC[C@@H]1C. The topological polar surface area (TPSA) is 84.7 Å². The van der Waals surface area contributed by atoms with E-state index < -0.39 is 5.97 Å². The zero-order valence-corrected chi connectivity index (χ0v) is 20.5. The average Bonchev–Trinajstić information content (AvgIpc) is 3.49. The Morgan fingerprint density at radius 1 is 1.12 bits per heavy atom. The van der Waals surface area contributed by atoms with Gasteiger partial charge in [-0.1, -0.05) is 32.1 Å². The van der Waals surface area contributed by atoms with Crippen LogP contribution in [0.2, 0.25) is 0 Å². The van der Waals surface area contributed by atoms with E-state index in [1.54, 1.807) is 4.90 Å². The molecule has 0 radical (unpaired) electrons. The lowest BCUT2D eigenvalue weighted by atomic mass is 9.85. The van der Waals surface area contributed by atoms with Gasteiger partial charge in [-0.05, 0) is 63.5 Å². The van der Waals surface area contributed by atoms with Crippen molar-refractivity contribution in [2.45, 2.75) is 96.1 Å². The first-order chi connectivity index (χ1) is 16.5. The summed E-state index contributed by atoms with van der Waals surface area (Å²) in [6.45, 7) is 2.06. The fourth-order valence-corrected chi connectivity index (χ4v) is 6.66. The number of benzene rings is 1. The molecule has 2 unspecified atom stereocenters. The molecule has 2 aromatic rings. The number of aromatic nitrogens is 2. The van der Waals surface area contributed by atoms with Crippen LogP contribution in [0.25, 0.3) is 11.0 Å². The summed E-state index contributed by atoms with van der Waals surface area (Å²) < 4.78 is 7.46. The number of hydrogen-bond donors (Lipinski definition) is 1. The van der Waals surface area contributed by atoms with Crippen molar-refractivity contribution in [1.82, 2.24) is 9.55 Å². The van der Waals surface area contributed by atoms with Crippen molar-refractivity contribution in [3.63, 3.8) is 0 Å². The second-order valence-corrected chi connectivity index (χ2v) is 10.6. The van der Waals surface area contributed by atoms with Crippen molar-refractivity contribution >= 4 is 28.8 Å². The quantitative estimate of drug-likeness (QED) is 0.593. The second kappa shape index (κ2) is 9.59. The number of carbonyl (C=O) groups is 2. The van der Waals surface area contributed by atoms with Crippen LogP contribution in [0.5, 0.6) is 0 Å². The first-order valence-electron chi connectivity index (χ1n) is 13.1. The number of anilines is 1. The Hall–Kier alpha value is -2.57. The number of carboxylic acid groups (broad SMARTS) is 1. The van der Waals surface area contributed by atoms with E-state index in [0.717, 1.165) is 79.0 Å². The largest absolute Gasteiger partial charge is 0.481 e. The Labute approximate surface area is 201 Å². The average molecular weight is 468 g/mol. The van der Waals surface area contributed by atoms with Crippen LogP contribution in [-0.4, -0.2) is 39.9 Å². The Morgan fingerprint density at radius 2 is 1.91 bits per heavy atom. The number of aliphatic carboxylic acids is 1. The molecule has 3 aliphatic rings. The van der Waals surface area contributed by atoms with Crippen LogP contribution in [0, 0.1) is 11.8 Å². The van der Waals surface area contributed by atoms with Crippen molar-refractivity contribution in [2.24, 2.45) is 11.8 Å². The minimum atomic E-state index is -0.679. The van der Waals surface area contributed by atoms with E-state index in [-0.39, 0.29) is 24.1 Å². The molecule has 7 nitrogen and oxygen atoms in total. The number of rotatable bonds is 5. The van der Waals surface area contributed by atoms with Crippen LogP contribution < -0.4 is 4.90 Å². The molecule has 184 valence electrons. The van der Waals surface area contributed by atoms with E-state index in [2.05, 4.69) is 17.6 Å². The standard InChI is InChI=1S/C27H37N3O4/c1-17-10-12-21-22(29(17)27(33)34-2)13-14-23-25(21)28-24(15-11-18-6-3-4-7-18)30(23)20-9-5-8-19(16-20)26(31)32/h13-14,17-20H,3-12,15-16H2,1-2H3,(H,31,32)/t17-,19?,20?/m0/s1. The van der Waals surface area contributed by atoms with Gasteiger partial charge in [0.05, 0.1) is 29.7 Å². The van der Waals surface area contributed by atoms with Gasteiger partial charge >= 0.3 is 12.1 Å². The predicted molar refractivity (Wildman–Crippen MR) is 131 cm³/mol. The number of ether oxygens (including phenoxy) is 1. The summed E-state index contributed by atoms with van der Waals surface area (Å²) >= 11 is 0. The van der Waals surface area contributed by atoms with Gasteiger partial charge in [0.1, 0.15) is 5.82 Å². The third-order valence-electron chi connectivity index (χ3n) is 8.51. The second-order valence-electron chi connectivity index (χ2n) is 10.6. The van der Waals surface area contributed by atoms with Gasteiger partial charge in [0.15, 0.2) is 0 Å². The minimum absolute atomic E-state index is 0.0796. The number of imidazole rings is 1. The summed E-state index contributed by atoms with van der Waals surface area (Å²) in [4.78, 5) is 31.3. The van der Waals surface area contributed by atoms with E-state index in [1.807, 2.05) is 6.07 Å². The highest BCUT2D eigenvalue weighted by Crippen LogP contribution is 2.41. The first kappa shape index (κ1) is 23.2. The van der Waals surface area contributed by atoms with Gasteiger partial charge in [0.2, 0.25) is 0 Å². The number of nitrogens with zero attached hydrogens (tertiary/aromatic N) is 3. The van der Waals surface area contributed by atoms with Crippen LogP contribution in [0.3, 0.4) is 0 Å². The molecule has 2 aliphatic carbocycles. The Morgan fingerprint density at radius 3 is 2.65 bits per heavy atom. The molecular weight excluding hydrogens is 430 g/mol. The van der Waals surface area contributed by atoms with E-state index in [4.69, 9.17) is 9.72 Å². The summed E-state index contributed by atoms with van der Waals surface area (Å²) in [5, 5.41) is 9.70. The van der Waals surface area contributed by atoms with E-state index in [0.29, 0.717) is 6.42 Å².